The Balaban J connectivity index is 1.99. The number of rotatable bonds is 5. The molecule has 0 radical (unpaired) electrons. The third-order valence-electron chi connectivity index (χ3n) is 3.52. The van der Waals surface area contributed by atoms with E-state index in [1.807, 2.05) is 61.5 Å². The highest BCUT2D eigenvalue weighted by Gasteiger charge is 2.13. The lowest BCUT2D eigenvalue weighted by molar-refractivity contribution is 0.399. The number of ether oxygens (including phenoxy) is 1. The fraction of sp³-hybridized carbons (Fsp3) is 0.105. The van der Waals surface area contributed by atoms with Gasteiger partial charge in [-0.2, -0.15) is 9.97 Å². The molecule has 3 aromatic rings. The van der Waals surface area contributed by atoms with E-state index in [1.54, 1.807) is 6.21 Å². The molecular formula is C19H19N5O. The van der Waals surface area contributed by atoms with Gasteiger partial charge in [-0.3, -0.25) is 0 Å². The summed E-state index contributed by atoms with van der Waals surface area (Å²) in [5, 5.41) is 3.21. The van der Waals surface area contributed by atoms with Crippen LogP contribution in [-0.4, -0.2) is 23.3 Å². The number of nitrogens with one attached hydrogen (secondary N) is 1. The molecule has 0 bridgehead atoms. The van der Waals surface area contributed by atoms with Gasteiger partial charge in [-0.25, -0.2) is 4.99 Å². The lowest BCUT2D eigenvalue weighted by Gasteiger charge is -2.11. The largest absolute Gasteiger partial charge is 0.479 e. The quantitative estimate of drug-likeness (QED) is 0.692. The monoisotopic (exact) mass is 333 g/mol. The normalized spacial score (nSPS) is 10.8. The Morgan fingerprint density at radius 2 is 1.76 bits per heavy atom. The summed E-state index contributed by atoms with van der Waals surface area (Å²) in [6.45, 7) is 2.04. The first-order valence-corrected chi connectivity index (χ1v) is 7.80. The number of aliphatic imine (C=N–C) groups is 1. The van der Waals surface area contributed by atoms with E-state index < -0.39 is 0 Å². The van der Waals surface area contributed by atoms with Crippen LogP contribution in [-0.2, 0) is 0 Å². The Bertz CT molecular complexity index is 876. The van der Waals surface area contributed by atoms with Gasteiger partial charge in [-0.1, -0.05) is 48.0 Å². The molecule has 1 heterocycles. The van der Waals surface area contributed by atoms with Crippen molar-refractivity contribution in [2.45, 2.75) is 6.92 Å². The first kappa shape index (κ1) is 16.4. The fourth-order valence-corrected chi connectivity index (χ4v) is 2.25. The maximum atomic E-state index is 5.79. The molecule has 0 fully saturated rings. The van der Waals surface area contributed by atoms with Crippen LogP contribution < -0.4 is 15.8 Å². The van der Waals surface area contributed by atoms with Crippen LogP contribution in [0.25, 0.3) is 0 Å². The van der Waals surface area contributed by atoms with Crippen molar-refractivity contribution in [3.63, 3.8) is 0 Å². The van der Waals surface area contributed by atoms with E-state index in [9.17, 15) is 0 Å². The smallest absolute Gasteiger partial charge is 0.246 e. The lowest BCUT2D eigenvalue weighted by Crippen LogP contribution is -2.03. The van der Waals surface area contributed by atoms with Crippen molar-refractivity contribution in [1.29, 1.82) is 0 Å². The standard InChI is InChI=1S/C19H19N5O/c1-13-8-10-14(11-9-13)12-21-16-17(22-15-6-4-3-5-7-15)23-19(20)24-18(16)25-2/h3-12H,1-2H3,(H3,20,22,23,24). The summed E-state index contributed by atoms with van der Waals surface area (Å²) in [6, 6.07) is 17.7. The number of anilines is 3. The van der Waals surface area contributed by atoms with E-state index in [0.717, 1.165) is 11.3 Å². The maximum absolute atomic E-state index is 5.79. The van der Waals surface area contributed by atoms with Crippen LogP contribution in [0.1, 0.15) is 11.1 Å². The van der Waals surface area contributed by atoms with E-state index in [-0.39, 0.29) is 5.95 Å². The van der Waals surface area contributed by atoms with Crippen LogP contribution in [0.4, 0.5) is 23.1 Å². The highest BCUT2D eigenvalue weighted by atomic mass is 16.5. The minimum atomic E-state index is 0.115. The van der Waals surface area contributed by atoms with Crippen molar-refractivity contribution in [3.05, 3.63) is 65.7 Å². The van der Waals surface area contributed by atoms with E-state index in [2.05, 4.69) is 20.3 Å². The second kappa shape index (κ2) is 7.44. The second-order valence-corrected chi connectivity index (χ2v) is 5.45. The highest BCUT2D eigenvalue weighted by molar-refractivity contribution is 5.85. The molecule has 0 saturated carbocycles. The lowest BCUT2D eigenvalue weighted by atomic mass is 10.2. The van der Waals surface area contributed by atoms with Gasteiger partial charge in [0.1, 0.15) is 0 Å². The van der Waals surface area contributed by atoms with E-state index in [1.165, 1.54) is 12.7 Å². The molecular weight excluding hydrogens is 314 g/mol. The third-order valence-corrected chi connectivity index (χ3v) is 3.52. The molecule has 0 saturated heterocycles. The summed E-state index contributed by atoms with van der Waals surface area (Å²) in [4.78, 5) is 12.9. The molecule has 0 spiro atoms. The molecule has 0 atom stereocenters. The zero-order valence-corrected chi connectivity index (χ0v) is 14.1. The Morgan fingerprint density at radius 3 is 2.44 bits per heavy atom. The van der Waals surface area contributed by atoms with Gasteiger partial charge in [-0.05, 0) is 24.6 Å². The molecule has 3 N–H and O–H groups in total. The van der Waals surface area contributed by atoms with Gasteiger partial charge in [-0.15, -0.1) is 0 Å². The summed E-state index contributed by atoms with van der Waals surface area (Å²) in [5.74, 6) is 0.915. The van der Waals surface area contributed by atoms with E-state index >= 15 is 0 Å². The van der Waals surface area contributed by atoms with Gasteiger partial charge in [0.2, 0.25) is 11.8 Å². The Kier molecular flexibility index (Phi) is 4.89. The number of nitrogens with two attached hydrogens (primary N) is 1. The molecule has 25 heavy (non-hydrogen) atoms. The fourth-order valence-electron chi connectivity index (χ4n) is 2.25. The van der Waals surface area contributed by atoms with Gasteiger partial charge in [0, 0.05) is 11.9 Å². The maximum Gasteiger partial charge on any atom is 0.246 e. The number of hydrogen-bond acceptors (Lipinski definition) is 6. The van der Waals surface area contributed by atoms with Crippen LogP contribution in [0.3, 0.4) is 0 Å². The van der Waals surface area contributed by atoms with E-state index in [4.69, 9.17) is 10.5 Å². The number of hydrogen-bond donors (Lipinski definition) is 2. The zero-order chi connectivity index (χ0) is 17.6. The molecule has 0 aliphatic rings. The summed E-state index contributed by atoms with van der Waals surface area (Å²) in [5.41, 5.74) is 9.30. The number of para-hydroxylation sites is 1. The number of nitrogens with zero attached hydrogens (tertiary/aromatic N) is 3. The number of aromatic nitrogens is 2. The minimum Gasteiger partial charge on any atom is -0.479 e. The third kappa shape index (κ3) is 4.11. The average Bonchev–Trinajstić information content (AvgIpc) is 2.62. The van der Waals surface area contributed by atoms with E-state index in [0.29, 0.717) is 17.4 Å². The zero-order valence-electron chi connectivity index (χ0n) is 14.1. The molecule has 3 rings (SSSR count). The van der Waals surface area contributed by atoms with Crippen LogP contribution in [0.15, 0.2) is 59.6 Å². The Labute approximate surface area is 146 Å². The second-order valence-electron chi connectivity index (χ2n) is 5.45. The summed E-state index contributed by atoms with van der Waals surface area (Å²) in [6.07, 6.45) is 1.74. The predicted octanol–water partition coefficient (Wildman–Crippen LogP) is 3.87. The van der Waals surface area contributed by atoms with Gasteiger partial charge in [0.15, 0.2) is 11.5 Å². The molecule has 1 aromatic heterocycles. The average molecular weight is 333 g/mol. The van der Waals surface area contributed by atoms with Gasteiger partial charge >= 0.3 is 0 Å². The van der Waals surface area contributed by atoms with Crippen molar-refractivity contribution >= 4 is 29.4 Å². The Morgan fingerprint density at radius 1 is 1.04 bits per heavy atom. The molecule has 126 valence electrons. The molecule has 2 aromatic carbocycles. The molecule has 0 aliphatic carbocycles. The van der Waals surface area contributed by atoms with Crippen molar-refractivity contribution in [3.8, 4) is 5.88 Å². The first-order valence-electron chi connectivity index (χ1n) is 7.80. The Hall–Kier alpha value is -3.41. The molecule has 6 heteroatoms. The van der Waals surface area contributed by atoms with Crippen LogP contribution in [0.5, 0.6) is 5.88 Å². The molecule has 6 nitrogen and oxygen atoms in total. The van der Waals surface area contributed by atoms with Gasteiger partial charge in [0.25, 0.3) is 0 Å². The number of benzene rings is 2. The number of nitrogen functional groups attached to an aromatic ring is 1. The summed E-state index contributed by atoms with van der Waals surface area (Å²) < 4.78 is 5.33. The van der Waals surface area contributed by atoms with Crippen molar-refractivity contribution in [2.24, 2.45) is 4.99 Å². The van der Waals surface area contributed by atoms with Crippen LogP contribution >= 0.6 is 0 Å². The molecule has 0 unspecified atom stereocenters. The summed E-state index contributed by atoms with van der Waals surface area (Å²) in [7, 11) is 1.53. The SMILES string of the molecule is COc1nc(N)nc(Nc2ccccc2)c1N=Cc1ccc(C)cc1. The molecule has 0 aliphatic heterocycles. The van der Waals surface area contributed by atoms with Crippen molar-refractivity contribution < 1.29 is 4.74 Å². The minimum absolute atomic E-state index is 0.115. The predicted molar refractivity (Wildman–Crippen MR) is 101 cm³/mol. The number of methoxy groups -OCH3 is 1. The first-order chi connectivity index (χ1) is 12.2. The highest BCUT2D eigenvalue weighted by Crippen LogP contribution is 2.34. The molecule has 0 amide bonds. The van der Waals surface area contributed by atoms with Gasteiger partial charge < -0.3 is 15.8 Å². The van der Waals surface area contributed by atoms with Crippen LogP contribution in [0.2, 0.25) is 0 Å². The van der Waals surface area contributed by atoms with Crippen molar-refractivity contribution in [2.75, 3.05) is 18.2 Å². The number of aryl methyl sites for hydroxylation is 1. The topological polar surface area (TPSA) is 85.4 Å². The van der Waals surface area contributed by atoms with Gasteiger partial charge in [0.05, 0.1) is 7.11 Å². The van der Waals surface area contributed by atoms with Crippen molar-refractivity contribution in [1.82, 2.24) is 9.97 Å². The van der Waals surface area contributed by atoms with Crippen LogP contribution in [0, 0.1) is 6.92 Å². The summed E-state index contributed by atoms with van der Waals surface area (Å²) >= 11 is 0.